The lowest BCUT2D eigenvalue weighted by Gasteiger charge is -2.49. The summed E-state index contributed by atoms with van der Waals surface area (Å²) in [6, 6.07) is 20.2. The number of carbonyl (C=O) groups excluding carboxylic acids is 1. The highest BCUT2D eigenvalue weighted by Crippen LogP contribution is 2.47. The van der Waals surface area contributed by atoms with Crippen LogP contribution in [-0.4, -0.2) is 38.1 Å². The van der Waals surface area contributed by atoms with Crippen LogP contribution in [0.25, 0.3) is 0 Å². The Kier molecular flexibility index (Phi) is 5.85. The molecule has 0 unspecified atom stereocenters. The zero-order chi connectivity index (χ0) is 18.5. The van der Waals surface area contributed by atoms with E-state index in [1.54, 1.807) is 0 Å². The third kappa shape index (κ3) is 4.02. The summed E-state index contributed by atoms with van der Waals surface area (Å²) >= 11 is 0. The minimum Gasteiger partial charge on any atom is -0.352 e. The Hall–Kier alpha value is -2.33. The zero-order valence-electron chi connectivity index (χ0n) is 15.6. The number of nitrogens with two attached hydrogens (primary N) is 1. The second-order valence-corrected chi connectivity index (χ2v) is 7.48. The van der Waals surface area contributed by atoms with Gasteiger partial charge in [0.15, 0.2) is 0 Å². The molecular formula is C21H29N3O. The fourth-order valence-electron chi connectivity index (χ4n) is 3.98. The van der Waals surface area contributed by atoms with Gasteiger partial charge < -0.3 is 16.0 Å². The van der Waals surface area contributed by atoms with E-state index in [4.69, 9.17) is 5.73 Å². The van der Waals surface area contributed by atoms with Gasteiger partial charge in [0.2, 0.25) is 0 Å². The van der Waals surface area contributed by atoms with Crippen molar-refractivity contribution in [3.63, 3.8) is 0 Å². The van der Waals surface area contributed by atoms with E-state index in [-0.39, 0.29) is 5.41 Å². The van der Waals surface area contributed by atoms with Gasteiger partial charge in [0.25, 0.3) is 0 Å². The molecule has 2 amide bonds. The van der Waals surface area contributed by atoms with E-state index in [1.165, 1.54) is 11.1 Å². The Labute approximate surface area is 151 Å². The van der Waals surface area contributed by atoms with Gasteiger partial charge >= 0.3 is 6.03 Å². The predicted molar refractivity (Wildman–Crippen MR) is 104 cm³/mol. The largest absolute Gasteiger partial charge is 0.352 e. The van der Waals surface area contributed by atoms with Crippen molar-refractivity contribution in [1.29, 1.82) is 0 Å². The Balaban J connectivity index is 2.71. The van der Waals surface area contributed by atoms with Gasteiger partial charge in [-0.05, 0) is 30.6 Å². The molecule has 0 heterocycles. The number of hydrogen-bond donors (Lipinski definition) is 2. The third-order valence-corrected chi connectivity index (χ3v) is 4.93. The van der Waals surface area contributed by atoms with E-state index in [1.807, 2.05) is 36.4 Å². The number of carbonyl (C=O) groups is 1. The number of nitrogens with one attached hydrogen (secondary N) is 1. The number of benzene rings is 2. The van der Waals surface area contributed by atoms with E-state index in [0.717, 1.165) is 6.54 Å². The van der Waals surface area contributed by atoms with Gasteiger partial charge in [0, 0.05) is 18.5 Å². The number of primary amides is 1. The molecule has 0 bridgehead atoms. The summed E-state index contributed by atoms with van der Waals surface area (Å²) in [6.07, 6.45) is 0. The molecule has 25 heavy (non-hydrogen) atoms. The van der Waals surface area contributed by atoms with Crippen LogP contribution in [-0.2, 0) is 5.41 Å². The van der Waals surface area contributed by atoms with Gasteiger partial charge in [-0.3, -0.25) is 0 Å². The highest BCUT2D eigenvalue weighted by atomic mass is 16.2. The maximum Gasteiger partial charge on any atom is 0.312 e. The van der Waals surface area contributed by atoms with Crippen molar-refractivity contribution in [3.05, 3.63) is 71.8 Å². The molecule has 0 radical (unpaired) electrons. The molecular weight excluding hydrogens is 310 g/mol. The second kappa shape index (κ2) is 7.70. The van der Waals surface area contributed by atoms with Crippen molar-refractivity contribution in [1.82, 2.24) is 10.2 Å². The van der Waals surface area contributed by atoms with Crippen LogP contribution in [0.2, 0.25) is 0 Å². The van der Waals surface area contributed by atoms with Gasteiger partial charge in [0.1, 0.15) is 0 Å². The Morgan fingerprint density at radius 1 is 0.960 bits per heavy atom. The fourth-order valence-corrected chi connectivity index (χ4v) is 3.98. The summed E-state index contributed by atoms with van der Waals surface area (Å²) in [5.41, 5.74) is 7.20. The first-order valence-electron chi connectivity index (χ1n) is 8.59. The molecule has 2 rings (SSSR count). The molecule has 0 saturated heterocycles. The molecule has 134 valence electrons. The van der Waals surface area contributed by atoms with E-state index >= 15 is 0 Å². The van der Waals surface area contributed by atoms with Crippen LogP contribution in [0.5, 0.6) is 0 Å². The first-order chi connectivity index (χ1) is 11.8. The van der Waals surface area contributed by atoms with Crippen molar-refractivity contribution < 1.29 is 4.79 Å². The number of hydrogen-bond acceptors (Lipinski definition) is 2. The average Bonchev–Trinajstić information content (AvgIpc) is 2.55. The molecule has 0 fully saturated rings. The summed E-state index contributed by atoms with van der Waals surface area (Å²) in [6.45, 7) is 5.79. The molecule has 0 saturated carbocycles. The van der Waals surface area contributed by atoms with Crippen molar-refractivity contribution >= 4 is 6.03 Å². The van der Waals surface area contributed by atoms with Gasteiger partial charge in [-0.1, -0.05) is 74.5 Å². The highest BCUT2D eigenvalue weighted by molar-refractivity contribution is 5.72. The van der Waals surface area contributed by atoms with Crippen molar-refractivity contribution in [2.24, 2.45) is 11.1 Å². The Morgan fingerprint density at radius 2 is 1.40 bits per heavy atom. The van der Waals surface area contributed by atoms with Crippen LogP contribution in [0.15, 0.2) is 60.7 Å². The minimum absolute atomic E-state index is 0.165. The number of rotatable bonds is 7. The topological polar surface area (TPSA) is 58.4 Å². The number of nitrogens with zero attached hydrogens (tertiary/aromatic N) is 1. The van der Waals surface area contributed by atoms with E-state index in [9.17, 15) is 4.79 Å². The monoisotopic (exact) mass is 339 g/mol. The maximum atomic E-state index is 11.6. The van der Waals surface area contributed by atoms with Crippen LogP contribution in [0.4, 0.5) is 4.79 Å². The summed E-state index contributed by atoms with van der Waals surface area (Å²) < 4.78 is 0. The summed E-state index contributed by atoms with van der Waals surface area (Å²) in [5, 5.41) is 2.88. The summed E-state index contributed by atoms with van der Waals surface area (Å²) in [5.74, 6) is 0. The molecule has 4 heteroatoms. The molecule has 0 aromatic heterocycles. The molecule has 2 aromatic carbocycles. The van der Waals surface area contributed by atoms with E-state index < -0.39 is 11.4 Å². The standard InChI is InChI=1S/C21H29N3O/c1-20(2,16-24(3)4)21(15-23-19(22)25,17-11-7-5-8-12-17)18-13-9-6-10-14-18/h5-14H,15-16H2,1-4H3,(H3,22,23,25). The van der Waals surface area contributed by atoms with Gasteiger partial charge in [-0.25, -0.2) is 4.79 Å². The molecule has 0 aliphatic heterocycles. The lowest BCUT2D eigenvalue weighted by Crippen LogP contribution is -2.55. The van der Waals surface area contributed by atoms with E-state index in [2.05, 4.69) is 62.4 Å². The summed E-state index contributed by atoms with van der Waals surface area (Å²) in [7, 11) is 4.15. The quantitative estimate of drug-likeness (QED) is 0.814. The van der Waals surface area contributed by atoms with Crippen molar-refractivity contribution in [2.75, 3.05) is 27.2 Å². The van der Waals surface area contributed by atoms with Crippen LogP contribution in [0, 0.1) is 5.41 Å². The number of amides is 2. The molecule has 0 aliphatic rings. The smallest absolute Gasteiger partial charge is 0.312 e. The van der Waals surface area contributed by atoms with Crippen molar-refractivity contribution in [3.8, 4) is 0 Å². The molecule has 4 nitrogen and oxygen atoms in total. The SMILES string of the molecule is CN(C)CC(C)(C)C(CNC(N)=O)(c1ccccc1)c1ccccc1. The zero-order valence-corrected chi connectivity index (χ0v) is 15.6. The predicted octanol–water partition coefficient (Wildman–Crippen LogP) is 3.23. The molecule has 0 aliphatic carbocycles. The van der Waals surface area contributed by atoms with E-state index in [0.29, 0.717) is 6.54 Å². The van der Waals surface area contributed by atoms with Crippen LogP contribution < -0.4 is 11.1 Å². The van der Waals surface area contributed by atoms with Gasteiger partial charge in [-0.2, -0.15) is 0 Å². The highest BCUT2D eigenvalue weighted by Gasteiger charge is 2.47. The summed E-state index contributed by atoms with van der Waals surface area (Å²) in [4.78, 5) is 13.7. The Bertz CT molecular complexity index is 641. The maximum absolute atomic E-state index is 11.6. The van der Waals surface area contributed by atoms with Crippen LogP contribution in [0.1, 0.15) is 25.0 Å². The second-order valence-electron chi connectivity index (χ2n) is 7.48. The lowest BCUT2D eigenvalue weighted by atomic mass is 9.58. The minimum atomic E-state index is -0.503. The molecule has 2 aromatic rings. The van der Waals surface area contributed by atoms with Gasteiger partial charge in [-0.15, -0.1) is 0 Å². The normalized spacial score (nSPS) is 12.2. The molecule has 0 spiro atoms. The van der Waals surface area contributed by atoms with Crippen LogP contribution in [0.3, 0.4) is 0 Å². The fraction of sp³-hybridized carbons (Fsp3) is 0.381. The molecule has 0 atom stereocenters. The first-order valence-corrected chi connectivity index (χ1v) is 8.59. The molecule has 3 N–H and O–H groups in total. The average molecular weight is 339 g/mol. The lowest BCUT2D eigenvalue weighted by molar-refractivity contribution is 0.141. The Morgan fingerprint density at radius 3 is 1.76 bits per heavy atom. The van der Waals surface area contributed by atoms with Gasteiger partial charge in [0.05, 0.1) is 0 Å². The number of urea groups is 1. The first kappa shape index (κ1) is 19.0. The van der Waals surface area contributed by atoms with Crippen LogP contribution >= 0.6 is 0 Å². The third-order valence-electron chi connectivity index (χ3n) is 4.93. The van der Waals surface area contributed by atoms with Crippen molar-refractivity contribution in [2.45, 2.75) is 19.3 Å².